The first-order valence-electron chi connectivity index (χ1n) is 11.9. The molecule has 166 valence electrons. The van der Waals surface area contributed by atoms with Crippen LogP contribution in [0.3, 0.4) is 0 Å². The monoisotopic (exact) mass is 449 g/mol. The third-order valence-corrected chi connectivity index (χ3v) is 6.73. The van der Waals surface area contributed by atoms with Gasteiger partial charge in [-0.2, -0.15) is 0 Å². The molecule has 0 unspecified atom stereocenters. The first-order chi connectivity index (χ1) is 14.7. The number of rotatable bonds is 13. The zero-order valence-corrected chi connectivity index (χ0v) is 19.8. The first kappa shape index (κ1) is 23.6. The molecular formula is C25H37Cl2N3. The number of halogens is 2. The summed E-state index contributed by atoms with van der Waals surface area (Å²) in [5.74, 6) is 0. The van der Waals surface area contributed by atoms with E-state index in [1.54, 1.807) is 0 Å². The molecule has 3 rings (SSSR count). The Labute approximate surface area is 192 Å². The molecular weight excluding hydrogens is 413 g/mol. The molecule has 30 heavy (non-hydrogen) atoms. The Morgan fingerprint density at radius 2 is 1.47 bits per heavy atom. The van der Waals surface area contributed by atoms with Crippen LogP contribution in [0.15, 0.2) is 12.1 Å². The lowest BCUT2D eigenvalue weighted by atomic mass is 9.92. The van der Waals surface area contributed by atoms with Crippen LogP contribution < -0.4 is 11.1 Å². The lowest BCUT2D eigenvalue weighted by Crippen LogP contribution is -2.12. The standard InChI is InChI=1S/C25H37Cl2N3/c26-19-17-21(27)24-23(18-19)30-22-14-10-9-13-20(22)25(24)29-16-12-8-6-4-2-1-3-5-7-11-15-28/h17-18H,1-16,28H2,(H,29,30). The average molecular weight is 450 g/mol. The number of aryl methyl sites for hydroxylation is 1. The van der Waals surface area contributed by atoms with Crippen LogP contribution in [-0.4, -0.2) is 18.1 Å². The highest BCUT2D eigenvalue weighted by Crippen LogP contribution is 2.38. The van der Waals surface area contributed by atoms with E-state index in [4.69, 9.17) is 33.9 Å². The van der Waals surface area contributed by atoms with Crippen LogP contribution in [0, 0.1) is 0 Å². The summed E-state index contributed by atoms with van der Waals surface area (Å²) in [7, 11) is 0. The minimum absolute atomic E-state index is 0.654. The van der Waals surface area contributed by atoms with Crippen molar-refractivity contribution in [3.8, 4) is 0 Å². The lowest BCUT2D eigenvalue weighted by Gasteiger charge is -2.22. The second kappa shape index (κ2) is 12.7. The summed E-state index contributed by atoms with van der Waals surface area (Å²) in [4.78, 5) is 4.89. The fourth-order valence-corrected chi connectivity index (χ4v) is 5.14. The molecule has 1 aliphatic rings. The van der Waals surface area contributed by atoms with Crippen molar-refractivity contribution in [2.24, 2.45) is 5.73 Å². The predicted octanol–water partition coefficient (Wildman–Crippen LogP) is 7.69. The highest BCUT2D eigenvalue weighted by atomic mass is 35.5. The molecule has 0 radical (unpaired) electrons. The topological polar surface area (TPSA) is 50.9 Å². The molecule has 5 heteroatoms. The normalized spacial score (nSPS) is 13.6. The van der Waals surface area contributed by atoms with Gasteiger partial charge < -0.3 is 11.1 Å². The van der Waals surface area contributed by atoms with Crippen molar-refractivity contribution in [3.05, 3.63) is 33.4 Å². The van der Waals surface area contributed by atoms with Gasteiger partial charge in [-0.25, -0.2) is 0 Å². The molecule has 0 aliphatic heterocycles. The third kappa shape index (κ3) is 6.73. The number of hydrogen-bond acceptors (Lipinski definition) is 3. The fraction of sp³-hybridized carbons (Fsp3) is 0.640. The molecule has 0 bridgehead atoms. The van der Waals surface area contributed by atoms with E-state index >= 15 is 0 Å². The summed E-state index contributed by atoms with van der Waals surface area (Å²) in [6.45, 7) is 1.83. The van der Waals surface area contributed by atoms with Gasteiger partial charge in [0.2, 0.25) is 0 Å². The Kier molecular flexibility index (Phi) is 10.0. The largest absolute Gasteiger partial charge is 0.384 e. The number of hydrogen-bond donors (Lipinski definition) is 2. The van der Waals surface area contributed by atoms with Gasteiger partial charge in [-0.1, -0.05) is 74.6 Å². The Morgan fingerprint density at radius 3 is 2.17 bits per heavy atom. The van der Waals surface area contributed by atoms with Crippen molar-refractivity contribution in [3.63, 3.8) is 0 Å². The van der Waals surface area contributed by atoms with Gasteiger partial charge in [-0.15, -0.1) is 0 Å². The van der Waals surface area contributed by atoms with Crippen LogP contribution in [0.1, 0.15) is 88.3 Å². The zero-order chi connectivity index (χ0) is 21.2. The van der Waals surface area contributed by atoms with Crippen LogP contribution in [0.4, 0.5) is 5.69 Å². The number of unbranched alkanes of at least 4 members (excludes halogenated alkanes) is 9. The number of anilines is 1. The van der Waals surface area contributed by atoms with Crippen molar-refractivity contribution in [1.82, 2.24) is 4.98 Å². The molecule has 1 aliphatic carbocycles. The third-order valence-electron chi connectivity index (χ3n) is 6.21. The second-order valence-electron chi connectivity index (χ2n) is 8.65. The molecule has 0 saturated heterocycles. The van der Waals surface area contributed by atoms with E-state index in [1.165, 1.54) is 94.0 Å². The summed E-state index contributed by atoms with van der Waals surface area (Å²) >= 11 is 12.8. The predicted molar refractivity (Wildman–Crippen MR) is 132 cm³/mol. The maximum Gasteiger partial charge on any atom is 0.0756 e. The van der Waals surface area contributed by atoms with Crippen LogP contribution in [0.5, 0.6) is 0 Å². The molecule has 3 N–H and O–H groups in total. The van der Waals surface area contributed by atoms with E-state index in [-0.39, 0.29) is 0 Å². The lowest BCUT2D eigenvalue weighted by molar-refractivity contribution is 0.556. The van der Waals surface area contributed by atoms with Crippen LogP contribution in [-0.2, 0) is 12.8 Å². The van der Waals surface area contributed by atoms with Crippen LogP contribution >= 0.6 is 23.2 Å². The van der Waals surface area contributed by atoms with Crippen molar-refractivity contribution in [2.75, 3.05) is 18.4 Å². The second-order valence-corrected chi connectivity index (χ2v) is 9.50. The summed E-state index contributed by atoms with van der Waals surface area (Å²) in [5, 5.41) is 6.12. The van der Waals surface area contributed by atoms with Crippen LogP contribution in [0.2, 0.25) is 10.0 Å². The number of benzene rings is 1. The molecule has 0 atom stereocenters. The highest BCUT2D eigenvalue weighted by Gasteiger charge is 2.20. The fourth-order valence-electron chi connectivity index (χ4n) is 4.57. The maximum atomic E-state index is 6.59. The number of aromatic nitrogens is 1. The van der Waals surface area contributed by atoms with E-state index in [0.717, 1.165) is 36.8 Å². The molecule has 1 heterocycles. The van der Waals surface area contributed by atoms with E-state index in [2.05, 4.69) is 5.32 Å². The summed E-state index contributed by atoms with van der Waals surface area (Å²) in [6.07, 6.45) is 17.7. The maximum absolute atomic E-state index is 6.59. The van der Waals surface area contributed by atoms with Gasteiger partial charge in [0.25, 0.3) is 0 Å². The van der Waals surface area contributed by atoms with Gasteiger partial charge in [-0.05, 0) is 62.8 Å². The molecule has 1 aromatic heterocycles. The van der Waals surface area contributed by atoms with Gasteiger partial charge in [-0.3, -0.25) is 4.98 Å². The smallest absolute Gasteiger partial charge is 0.0756 e. The summed E-state index contributed by atoms with van der Waals surface area (Å²) in [5.41, 5.74) is 10.3. The summed E-state index contributed by atoms with van der Waals surface area (Å²) < 4.78 is 0. The van der Waals surface area contributed by atoms with Gasteiger partial charge in [0.05, 0.1) is 16.2 Å². The Hall–Kier alpha value is -1.03. The minimum Gasteiger partial charge on any atom is -0.384 e. The van der Waals surface area contributed by atoms with Crippen molar-refractivity contribution in [1.29, 1.82) is 0 Å². The van der Waals surface area contributed by atoms with E-state index < -0.39 is 0 Å². The molecule has 0 spiro atoms. The van der Waals surface area contributed by atoms with Crippen LogP contribution in [0.25, 0.3) is 10.9 Å². The van der Waals surface area contributed by atoms with Gasteiger partial charge in [0.15, 0.2) is 0 Å². The number of nitrogens with one attached hydrogen (secondary N) is 1. The highest BCUT2D eigenvalue weighted by molar-refractivity contribution is 6.39. The SMILES string of the molecule is NCCCCCCCCCCCCNc1c2c(nc3cc(Cl)cc(Cl)c13)CCCC2. The Morgan fingerprint density at radius 1 is 0.833 bits per heavy atom. The van der Waals surface area contributed by atoms with E-state index in [0.29, 0.717) is 10.0 Å². The van der Waals surface area contributed by atoms with Crippen molar-refractivity contribution < 1.29 is 0 Å². The quantitative estimate of drug-likeness (QED) is 0.308. The molecule has 1 aromatic carbocycles. The van der Waals surface area contributed by atoms with Crippen molar-refractivity contribution >= 4 is 39.8 Å². The molecule has 3 nitrogen and oxygen atoms in total. The first-order valence-corrected chi connectivity index (χ1v) is 12.7. The molecule has 2 aromatic rings. The Balaban J connectivity index is 1.47. The van der Waals surface area contributed by atoms with Gasteiger partial charge in [0.1, 0.15) is 0 Å². The minimum atomic E-state index is 0.654. The average Bonchev–Trinajstić information content (AvgIpc) is 2.73. The van der Waals surface area contributed by atoms with Crippen molar-refractivity contribution in [2.45, 2.75) is 89.9 Å². The van der Waals surface area contributed by atoms with E-state index in [9.17, 15) is 0 Å². The number of pyridine rings is 1. The number of nitrogens with zero attached hydrogens (tertiary/aromatic N) is 1. The molecule has 0 amide bonds. The Bertz CT molecular complexity index is 807. The van der Waals surface area contributed by atoms with Gasteiger partial charge >= 0.3 is 0 Å². The molecule has 0 fully saturated rings. The number of fused-ring (bicyclic) bond motifs is 2. The summed E-state index contributed by atoms with van der Waals surface area (Å²) in [6, 6.07) is 3.78. The molecule has 0 saturated carbocycles. The van der Waals surface area contributed by atoms with Gasteiger partial charge in [0, 0.05) is 22.6 Å². The zero-order valence-electron chi connectivity index (χ0n) is 18.2. The number of nitrogens with two attached hydrogens (primary N) is 1. The van der Waals surface area contributed by atoms with E-state index in [1.807, 2.05) is 12.1 Å².